The van der Waals surface area contributed by atoms with Crippen LogP contribution in [0.15, 0.2) is 46.9 Å². The van der Waals surface area contributed by atoms with Crippen LogP contribution in [0.1, 0.15) is 28.8 Å². The Morgan fingerprint density at radius 3 is 2.96 bits per heavy atom. The molecule has 128 valence electrons. The first-order chi connectivity index (χ1) is 12.1. The summed E-state index contributed by atoms with van der Waals surface area (Å²) in [6.45, 7) is 2.12. The first-order valence-corrected chi connectivity index (χ1v) is 9.52. The largest absolute Gasteiger partial charge is 0.358 e. The molecule has 1 aliphatic carbocycles. The molecule has 1 amide bonds. The van der Waals surface area contributed by atoms with E-state index in [1.807, 2.05) is 24.3 Å². The van der Waals surface area contributed by atoms with Crippen LogP contribution in [0.25, 0.3) is 10.9 Å². The third kappa shape index (κ3) is 3.36. The number of halogens is 1. The van der Waals surface area contributed by atoms with E-state index in [0.29, 0.717) is 6.42 Å². The second-order valence-electron chi connectivity index (χ2n) is 6.91. The summed E-state index contributed by atoms with van der Waals surface area (Å²) in [5.41, 5.74) is 6.21. The normalized spacial score (nSPS) is 16.6. The van der Waals surface area contributed by atoms with Crippen LogP contribution in [0.5, 0.6) is 0 Å². The number of aromatic amines is 1. The molecule has 4 heteroatoms. The predicted octanol–water partition coefficient (Wildman–Crippen LogP) is 4.46. The second kappa shape index (κ2) is 6.68. The van der Waals surface area contributed by atoms with E-state index in [9.17, 15) is 4.79 Å². The van der Waals surface area contributed by atoms with Crippen molar-refractivity contribution in [2.24, 2.45) is 0 Å². The lowest BCUT2D eigenvalue weighted by Gasteiger charge is -2.24. The molecule has 0 aliphatic heterocycles. The summed E-state index contributed by atoms with van der Waals surface area (Å²) < 4.78 is 0.989. The molecular formula is C21H21BrN2O. The molecule has 1 heterocycles. The van der Waals surface area contributed by atoms with Crippen LogP contribution >= 0.6 is 15.9 Å². The van der Waals surface area contributed by atoms with Gasteiger partial charge in [-0.1, -0.05) is 45.8 Å². The zero-order valence-electron chi connectivity index (χ0n) is 14.2. The van der Waals surface area contributed by atoms with Crippen molar-refractivity contribution in [2.75, 3.05) is 0 Å². The summed E-state index contributed by atoms with van der Waals surface area (Å²) in [6.07, 6.45) is 3.29. The minimum absolute atomic E-state index is 0.0939. The average molecular weight is 397 g/mol. The Morgan fingerprint density at radius 2 is 2.12 bits per heavy atom. The molecule has 0 spiro atoms. The van der Waals surface area contributed by atoms with Crippen LogP contribution in [-0.4, -0.2) is 16.9 Å². The van der Waals surface area contributed by atoms with E-state index in [2.05, 4.69) is 51.4 Å². The average Bonchev–Trinajstić information content (AvgIpc) is 2.94. The van der Waals surface area contributed by atoms with Gasteiger partial charge in [0.25, 0.3) is 0 Å². The van der Waals surface area contributed by atoms with Crippen LogP contribution in [0.3, 0.4) is 0 Å². The quantitative estimate of drug-likeness (QED) is 0.674. The van der Waals surface area contributed by atoms with Gasteiger partial charge in [0, 0.05) is 27.1 Å². The van der Waals surface area contributed by atoms with Gasteiger partial charge in [-0.05, 0) is 55.5 Å². The zero-order valence-corrected chi connectivity index (χ0v) is 15.8. The molecule has 0 saturated heterocycles. The number of aromatic nitrogens is 1. The van der Waals surface area contributed by atoms with Crippen LogP contribution in [0.4, 0.5) is 0 Å². The highest BCUT2D eigenvalue weighted by Crippen LogP contribution is 2.30. The molecule has 2 N–H and O–H groups in total. The number of aryl methyl sites for hydroxylation is 2. The fourth-order valence-electron chi connectivity index (χ4n) is 3.75. The predicted molar refractivity (Wildman–Crippen MR) is 105 cm³/mol. The molecule has 0 bridgehead atoms. The number of amides is 1. The number of nitrogens with one attached hydrogen (secondary N) is 2. The minimum Gasteiger partial charge on any atom is -0.358 e. The van der Waals surface area contributed by atoms with Crippen molar-refractivity contribution in [3.8, 4) is 0 Å². The molecule has 0 fully saturated rings. The van der Waals surface area contributed by atoms with Crippen LogP contribution in [0.2, 0.25) is 0 Å². The number of rotatable bonds is 3. The van der Waals surface area contributed by atoms with Crippen LogP contribution in [-0.2, 0) is 24.1 Å². The number of hydrogen-bond acceptors (Lipinski definition) is 1. The van der Waals surface area contributed by atoms with Crippen molar-refractivity contribution in [3.05, 3.63) is 69.3 Å². The number of fused-ring (bicyclic) bond motifs is 3. The van der Waals surface area contributed by atoms with Gasteiger partial charge in [-0.15, -0.1) is 0 Å². The van der Waals surface area contributed by atoms with Crippen LogP contribution < -0.4 is 5.32 Å². The van der Waals surface area contributed by atoms with Gasteiger partial charge in [0.15, 0.2) is 0 Å². The molecule has 1 aromatic heterocycles. The molecule has 3 aromatic rings. The molecule has 1 aliphatic rings. The number of hydrogen-bond donors (Lipinski definition) is 2. The topological polar surface area (TPSA) is 44.9 Å². The van der Waals surface area contributed by atoms with E-state index in [1.54, 1.807) is 0 Å². The van der Waals surface area contributed by atoms with E-state index < -0.39 is 0 Å². The van der Waals surface area contributed by atoms with Crippen molar-refractivity contribution in [2.45, 2.75) is 38.6 Å². The summed E-state index contributed by atoms with van der Waals surface area (Å²) in [4.78, 5) is 16.0. The SMILES string of the molecule is Cc1ccc2[nH]c3c(c2c1)CC(NC(=O)Cc1ccccc1Br)CC3. The first kappa shape index (κ1) is 16.4. The Morgan fingerprint density at radius 1 is 1.28 bits per heavy atom. The van der Waals surface area contributed by atoms with E-state index in [4.69, 9.17) is 0 Å². The number of carbonyl (C=O) groups excluding carboxylic acids is 1. The van der Waals surface area contributed by atoms with Gasteiger partial charge in [0.05, 0.1) is 6.42 Å². The lowest BCUT2D eigenvalue weighted by atomic mass is 9.91. The maximum Gasteiger partial charge on any atom is 0.224 e. The maximum absolute atomic E-state index is 12.5. The molecule has 2 aromatic carbocycles. The highest BCUT2D eigenvalue weighted by atomic mass is 79.9. The highest BCUT2D eigenvalue weighted by molar-refractivity contribution is 9.10. The van der Waals surface area contributed by atoms with Gasteiger partial charge < -0.3 is 10.3 Å². The van der Waals surface area contributed by atoms with Crippen molar-refractivity contribution in [1.29, 1.82) is 0 Å². The van der Waals surface area contributed by atoms with E-state index in [0.717, 1.165) is 29.3 Å². The Bertz CT molecular complexity index is 944. The molecule has 25 heavy (non-hydrogen) atoms. The summed E-state index contributed by atoms with van der Waals surface area (Å²) >= 11 is 3.52. The van der Waals surface area contributed by atoms with Gasteiger partial charge in [0.2, 0.25) is 5.91 Å². The van der Waals surface area contributed by atoms with E-state index in [-0.39, 0.29) is 11.9 Å². The van der Waals surface area contributed by atoms with E-state index in [1.165, 1.54) is 27.7 Å². The Balaban J connectivity index is 1.49. The monoisotopic (exact) mass is 396 g/mol. The first-order valence-electron chi connectivity index (χ1n) is 8.73. The fourth-order valence-corrected chi connectivity index (χ4v) is 4.17. The number of H-pyrrole nitrogens is 1. The van der Waals surface area contributed by atoms with Gasteiger partial charge >= 0.3 is 0 Å². The van der Waals surface area contributed by atoms with Gasteiger partial charge in [-0.2, -0.15) is 0 Å². The van der Waals surface area contributed by atoms with E-state index >= 15 is 0 Å². The standard InChI is InChI=1S/C21H21BrN2O/c1-13-6-8-19-16(10-13)17-12-15(7-9-20(17)24-19)23-21(25)11-14-4-2-3-5-18(14)22/h2-6,8,10,15,24H,7,9,11-12H2,1H3,(H,23,25). The molecule has 0 saturated carbocycles. The molecule has 1 atom stereocenters. The van der Waals surface area contributed by atoms with Crippen molar-refractivity contribution >= 4 is 32.7 Å². The summed E-state index contributed by atoms with van der Waals surface area (Å²) in [5.74, 6) is 0.0939. The van der Waals surface area contributed by atoms with Gasteiger partial charge in [0.1, 0.15) is 0 Å². The molecule has 4 rings (SSSR count). The lowest BCUT2D eigenvalue weighted by Crippen LogP contribution is -2.39. The molecular weight excluding hydrogens is 376 g/mol. The van der Waals surface area contributed by atoms with Gasteiger partial charge in [-0.3, -0.25) is 4.79 Å². The van der Waals surface area contributed by atoms with Crippen LogP contribution in [0, 0.1) is 6.92 Å². The maximum atomic E-state index is 12.5. The Kier molecular flexibility index (Phi) is 4.38. The molecule has 3 nitrogen and oxygen atoms in total. The summed E-state index contributed by atoms with van der Waals surface area (Å²) in [7, 11) is 0. The molecule has 0 radical (unpaired) electrons. The van der Waals surface area contributed by atoms with Gasteiger partial charge in [-0.25, -0.2) is 0 Å². The minimum atomic E-state index is 0.0939. The lowest BCUT2D eigenvalue weighted by molar-refractivity contribution is -0.121. The smallest absolute Gasteiger partial charge is 0.224 e. The summed E-state index contributed by atoms with van der Waals surface area (Å²) in [6, 6.07) is 14.7. The second-order valence-corrected chi connectivity index (χ2v) is 7.76. The fraction of sp³-hybridized carbons (Fsp3) is 0.286. The zero-order chi connectivity index (χ0) is 17.4. The van der Waals surface area contributed by atoms with Crippen molar-refractivity contribution in [3.63, 3.8) is 0 Å². The highest BCUT2D eigenvalue weighted by Gasteiger charge is 2.23. The third-order valence-corrected chi connectivity index (χ3v) is 5.79. The number of benzene rings is 2. The number of carbonyl (C=O) groups is 1. The molecule has 1 unspecified atom stereocenters. The third-order valence-electron chi connectivity index (χ3n) is 5.02. The van der Waals surface area contributed by atoms with Crippen molar-refractivity contribution in [1.82, 2.24) is 10.3 Å². The van der Waals surface area contributed by atoms with Crippen molar-refractivity contribution < 1.29 is 4.79 Å². The summed E-state index contributed by atoms with van der Waals surface area (Å²) in [5, 5.41) is 4.54. The Labute approximate surface area is 156 Å². The Hall–Kier alpha value is -2.07.